The molecule has 0 saturated carbocycles. The maximum Gasteiger partial charge on any atom is 0.335 e. The van der Waals surface area contributed by atoms with Gasteiger partial charge in [-0.15, -0.1) is 11.3 Å². The van der Waals surface area contributed by atoms with Gasteiger partial charge in [0, 0.05) is 6.26 Å². The highest BCUT2D eigenvalue weighted by Gasteiger charge is 2.27. The minimum atomic E-state index is -4.43. The van der Waals surface area contributed by atoms with Crippen LogP contribution >= 0.6 is 11.3 Å². The van der Waals surface area contributed by atoms with Crippen molar-refractivity contribution in [2.24, 2.45) is 0 Å². The lowest BCUT2D eigenvalue weighted by Crippen LogP contribution is -2.35. The van der Waals surface area contributed by atoms with Crippen molar-refractivity contribution in [1.29, 1.82) is 0 Å². The minimum absolute atomic E-state index is 0.0761. The number of nitrogens with zero attached hydrogens (tertiary/aromatic N) is 2. The molecule has 0 atom stereocenters. The summed E-state index contributed by atoms with van der Waals surface area (Å²) < 4.78 is 59.0. The van der Waals surface area contributed by atoms with Crippen LogP contribution in [0.4, 0.5) is 10.7 Å². The summed E-state index contributed by atoms with van der Waals surface area (Å²) in [6.45, 7) is 0. The van der Waals surface area contributed by atoms with Crippen LogP contribution in [0.1, 0.15) is 0 Å². The second-order valence-corrected chi connectivity index (χ2v) is 9.46. The van der Waals surface area contributed by atoms with E-state index in [1.807, 2.05) is 0 Å². The zero-order valence-electron chi connectivity index (χ0n) is 13.7. The largest absolute Gasteiger partial charge is 0.481 e. The number of anilines is 1. The lowest BCUT2D eigenvalue weighted by molar-refractivity contribution is 0.256. The molecule has 0 unspecified atom stereocenters. The predicted octanol–water partition coefficient (Wildman–Crippen LogP) is 0.469. The Labute approximate surface area is 153 Å². The van der Waals surface area contributed by atoms with Gasteiger partial charge < -0.3 is 9.47 Å². The maximum absolute atomic E-state index is 12.3. The van der Waals surface area contributed by atoms with E-state index in [2.05, 4.69) is 15.3 Å². The number of urea groups is 1. The molecule has 0 fully saturated rings. The number of carbonyl (C=O) groups is 1. The van der Waals surface area contributed by atoms with Crippen LogP contribution in [0.25, 0.3) is 0 Å². The summed E-state index contributed by atoms with van der Waals surface area (Å²) in [5.74, 6) is -0.123. The zero-order valence-corrected chi connectivity index (χ0v) is 16.2. The van der Waals surface area contributed by atoms with Gasteiger partial charge in [-0.05, 0) is 11.4 Å². The summed E-state index contributed by atoms with van der Waals surface area (Å²) >= 11 is 0.728. The highest BCUT2D eigenvalue weighted by atomic mass is 32.2. The number of methoxy groups -OCH3 is 2. The van der Waals surface area contributed by atoms with Gasteiger partial charge in [-0.1, -0.05) is 0 Å². The second-order valence-electron chi connectivity index (χ2n) is 4.68. The van der Waals surface area contributed by atoms with Crippen LogP contribution in [0.3, 0.4) is 0 Å². The summed E-state index contributed by atoms with van der Waals surface area (Å²) in [6.07, 6.45) is 0.869. The van der Waals surface area contributed by atoms with Crippen LogP contribution in [0, 0.1) is 0 Å². The van der Waals surface area contributed by atoms with E-state index >= 15 is 0 Å². The van der Waals surface area contributed by atoms with Gasteiger partial charge in [0.05, 0.1) is 20.3 Å². The number of nitrogens with one attached hydrogen (secondary N) is 2. The molecule has 0 saturated heterocycles. The smallest absolute Gasteiger partial charge is 0.335 e. The van der Waals surface area contributed by atoms with Crippen LogP contribution in [0.5, 0.6) is 11.8 Å². The van der Waals surface area contributed by atoms with E-state index in [1.165, 1.54) is 25.7 Å². The molecular weight excluding hydrogens is 408 g/mol. The van der Waals surface area contributed by atoms with Crippen molar-refractivity contribution >= 4 is 43.2 Å². The Kier molecular flexibility index (Phi) is 5.68. The predicted molar refractivity (Wildman–Crippen MR) is 91.9 cm³/mol. The summed E-state index contributed by atoms with van der Waals surface area (Å²) in [5, 5.41) is 3.40. The van der Waals surface area contributed by atoms with Crippen LogP contribution in [0.15, 0.2) is 26.6 Å². The lowest BCUT2D eigenvalue weighted by Gasteiger charge is -2.09. The van der Waals surface area contributed by atoms with Gasteiger partial charge in [0.2, 0.25) is 17.7 Å². The number of thiophene rings is 1. The summed E-state index contributed by atoms with van der Waals surface area (Å²) in [7, 11) is -5.54. The molecule has 11 nitrogen and oxygen atoms in total. The number of amides is 2. The maximum atomic E-state index is 12.3. The van der Waals surface area contributed by atoms with Crippen LogP contribution in [-0.2, 0) is 19.9 Å². The number of hydrogen-bond donors (Lipinski definition) is 2. The fourth-order valence-corrected chi connectivity index (χ4v) is 5.75. The van der Waals surface area contributed by atoms with E-state index in [1.54, 1.807) is 4.72 Å². The van der Waals surface area contributed by atoms with Crippen molar-refractivity contribution in [3.05, 3.63) is 17.5 Å². The fraction of sp³-hybridized carbons (Fsp3) is 0.250. The van der Waals surface area contributed by atoms with E-state index in [9.17, 15) is 21.6 Å². The molecule has 0 bridgehead atoms. The van der Waals surface area contributed by atoms with Crippen molar-refractivity contribution in [3.8, 4) is 11.8 Å². The van der Waals surface area contributed by atoms with Crippen LogP contribution in [-0.4, -0.2) is 53.3 Å². The second kappa shape index (κ2) is 7.43. The molecule has 0 radical (unpaired) electrons. The quantitative estimate of drug-likeness (QED) is 0.676. The highest BCUT2D eigenvalue weighted by molar-refractivity contribution is 7.95. The lowest BCUT2D eigenvalue weighted by atomic mass is 10.6. The summed E-state index contributed by atoms with van der Waals surface area (Å²) in [5.41, 5.74) is 0. The SMILES string of the molecule is COc1cc(OC)nc(NC(=O)NS(=O)(=O)c2ccsc2S(C)(=O)=O)n1. The van der Waals surface area contributed by atoms with Gasteiger partial charge in [0.15, 0.2) is 9.84 Å². The molecule has 2 N–H and O–H groups in total. The standard InChI is InChI=1S/C12H14N4O7S3/c1-22-8-6-9(23-2)14-11(13-8)15-12(17)16-26(20,21)7-4-5-24-10(7)25(3,18)19/h4-6H,1-3H3,(H2,13,14,15,16,17). The number of carbonyl (C=O) groups excluding carboxylic acids is 1. The Hall–Kier alpha value is -2.45. The van der Waals surface area contributed by atoms with Crippen molar-refractivity contribution in [3.63, 3.8) is 0 Å². The number of sulfonamides is 1. The molecule has 0 spiro atoms. The number of ether oxygens (including phenoxy) is 2. The van der Waals surface area contributed by atoms with E-state index < -0.39 is 30.8 Å². The Morgan fingerprint density at radius 2 is 1.69 bits per heavy atom. The van der Waals surface area contributed by atoms with Crippen molar-refractivity contribution in [2.45, 2.75) is 9.10 Å². The Morgan fingerprint density at radius 1 is 1.12 bits per heavy atom. The Bertz CT molecular complexity index is 1010. The van der Waals surface area contributed by atoms with Gasteiger partial charge in [0.1, 0.15) is 9.10 Å². The summed E-state index contributed by atoms with van der Waals surface area (Å²) in [4.78, 5) is 19.1. The van der Waals surface area contributed by atoms with E-state index in [0.717, 1.165) is 23.7 Å². The van der Waals surface area contributed by atoms with Gasteiger partial charge >= 0.3 is 6.03 Å². The average molecular weight is 422 g/mol. The first-order valence-corrected chi connectivity index (χ1v) is 10.9. The van der Waals surface area contributed by atoms with Crippen LogP contribution < -0.4 is 19.5 Å². The minimum Gasteiger partial charge on any atom is -0.481 e. The molecule has 26 heavy (non-hydrogen) atoms. The molecule has 142 valence electrons. The molecule has 0 aliphatic rings. The van der Waals surface area contributed by atoms with Crippen molar-refractivity contribution < 1.29 is 31.1 Å². The molecule has 0 aliphatic heterocycles. The molecule has 0 aliphatic carbocycles. The molecule has 2 heterocycles. The third kappa shape index (κ3) is 4.59. The number of aromatic nitrogens is 2. The van der Waals surface area contributed by atoms with Crippen LogP contribution in [0.2, 0.25) is 0 Å². The van der Waals surface area contributed by atoms with Gasteiger partial charge in [0.25, 0.3) is 10.0 Å². The average Bonchev–Trinajstić information content (AvgIpc) is 3.04. The van der Waals surface area contributed by atoms with Gasteiger partial charge in [-0.2, -0.15) is 9.97 Å². The number of sulfone groups is 1. The van der Waals surface area contributed by atoms with Crippen molar-refractivity contribution in [2.75, 3.05) is 25.8 Å². The van der Waals surface area contributed by atoms with E-state index in [-0.39, 0.29) is 21.9 Å². The summed E-state index contributed by atoms with van der Waals surface area (Å²) in [6, 6.07) is 1.25. The number of hydrogen-bond acceptors (Lipinski definition) is 10. The van der Waals surface area contributed by atoms with Gasteiger partial charge in [-0.3, -0.25) is 5.32 Å². The molecule has 2 aromatic rings. The highest BCUT2D eigenvalue weighted by Crippen LogP contribution is 2.26. The Balaban J connectivity index is 2.24. The molecule has 2 rings (SSSR count). The first kappa shape index (κ1) is 19.9. The van der Waals surface area contributed by atoms with Gasteiger partial charge in [-0.25, -0.2) is 26.4 Å². The topological polar surface area (TPSA) is 154 Å². The first-order chi connectivity index (χ1) is 12.1. The normalized spacial score (nSPS) is 11.7. The third-order valence-corrected chi connectivity index (χ3v) is 7.20. The van der Waals surface area contributed by atoms with Crippen molar-refractivity contribution in [1.82, 2.24) is 14.7 Å². The number of rotatable bonds is 6. The molecule has 2 amide bonds. The molecule has 14 heteroatoms. The molecule has 2 aromatic heterocycles. The molecule has 0 aromatic carbocycles. The Morgan fingerprint density at radius 3 is 2.19 bits per heavy atom. The fourth-order valence-electron chi connectivity index (χ4n) is 1.73. The first-order valence-electron chi connectivity index (χ1n) is 6.65. The van der Waals surface area contributed by atoms with E-state index in [4.69, 9.17) is 9.47 Å². The third-order valence-electron chi connectivity index (χ3n) is 2.77. The van der Waals surface area contributed by atoms with E-state index in [0.29, 0.717) is 0 Å². The monoisotopic (exact) mass is 422 g/mol. The molecular formula is C12H14N4O7S3. The zero-order chi connectivity index (χ0) is 19.5.